The SMILES string of the molecule is CC1CCC(C(CN)N2CCN(CC3CC3)CC2)O1. The van der Waals surface area contributed by atoms with Gasteiger partial charge in [0.2, 0.25) is 0 Å². The predicted octanol–water partition coefficient (Wildman–Crippen LogP) is 0.909. The van der Waals surface area contributed by atoms with E-state index in [4.69, 9.17) is 10.5 Å². The zero-order valence-electron chi connectivity index (χ0n) is 12.3. The Balaban J connectivity index is 1.47. The summed E-state index contributed by atoms with van der Waals surface area (Å²) in [6.07, 6.45) is 6.10. The number of ether oxygens (including phenoxy) is 1. The van der Waals surface area contributed by atoms with Gasteiger partial charge >= 0.3 is 0 Å². The first-order chi connectivity index (χ1) is 9.26. The molecule has 0 aromatic rings. The van der Waals surface area contributed by atoms with Gasteiger partial charge in [0, 0.05) is 45.3 Å². The predicted molar refractivity (Wildman–Crippen MR) is 77.1 cm³/mol. The fourth-order valence-electron chi connectivity index (χ4n) is 3.60. The normalized spacial score (nSPS) is 35.7. The van der Waals surface area contributed by atoms with E-state index in [-0.39, 0.29) is 0 Å². The van der Waals surface area contributed by atoms with Gasteiger partial charge in [-0.15, -0.1) is 0 Å². The highest BCUT2D eigenvalue weighted by atomic mass is 16.5. The Morgan fingerprint density at radius 2 is 1.84 bits per heavy atom. The summed E-state index contributed by atoms with van der Waals surface area (Å²) in [6.45, 7) is 9.02. The van der Waals surface area contributed by atoms with Crippen LogP contribution in [0.3, 0.4) is 0 Å². The summed E-state index contributed by atoms with van der Waals surface area (Å²) < 4.78 is 6.03. The molecule has 0 spiro atoms. The zero-order chi connectivity index (χ0) is 13.2. The minimum atomic E-state index is 0.370. The molecular formula is C15H29N3O. The van der Waals surface area contributed by atoms with Gasteiger partial charge in [0.15, 0.2) is 0 Å². The van der Waals surface area contributed by atoms with E-state index in [0.29, 0.717) is 18.2 Å². The fraction of sp³-hybridized carbons (Fsp3) is 1.00. The van der Waals surface area contributed by atoms with Crippen LogP contribution in [0.15, 0.2) is 0 Å². The van der Waals surface area contributed by atoms with Crippen LogP contribution in [-0.4, -0.2) is 67.3 Å². The molecule has 2 N–H and O–H groups in total. The third-order valence-electron chi connectivity index (χ3n) is 5.02. The molecule has 3 atom stereocenters. The minimum absolute atomic E-state index is 0.370. The van der Waals surface area contributed by atoms with Gasteiger partial charge in [-0.1, -0.05) is 0 Å². The van der Waals surface area contributed by atoms with Crippen molar-refractivity contribution < 1.29 is 4.74 Å². The molecule has 2 heterocycles. The molecular weight excluding hydrogens is 238 g/mol. The highest BCUT2D eigenvalue weighted by molar-refractivity contribution is 4.89. The molecule has 3 fully saturated rings. The lowest BCUT2D eigenvalue weighted by molar-refractivity contribution is -0.0185. The summed E-state index contributed by atoms with van der Waals surface area (Å²) in [5, 5.41) is 0. The van der Waals surface area contributed by atoms with Gasteiger partial charge in [0.25, 0.3) is 0 Å². The molecule has 3 unspecified atom stereocenters. The number of nitrogens with zero attached hydrogens (tertiary/aromatic N) is 2. The second-order valence-electron chi connectivity index (χ2n) is 6.65. The maximum atomic E-state index is 6.03. The fourth-order valence-corrected chi connectivity index (χ4v) is 3.60. The Labute approximate surface area is 117 Å². The van der Waals surface area contributed by atoms with Crippen LogP contribution in [0.25, 0.3) is 0 Å². The van der Waals surface area contributed by atoms with E-state index in [9.17, 15) is 0 Å². The maximum Gasteiger partial charge on any atom is 0.0747 e. The number of piperazine rings is 1. The first kappa shape index (κ1) is 13.8. The van der Waals surface area contributed by atoms with Gasteiger partial charge in [-0.25, -0.2) is 0 Å². The average molecular weight is 267 g/mol. The lowest BCUT2D eigenvalue weighted by atomic mass is 10.0. The average Bonchev–Trinajstić information content (AvgIpc) is 3.13. The third-order valence-corrected chi connectivity index (χ3v) is 5.02. The molecule has 3 rings (SSSR count). The van der Waals surface area contributed by atoms with Crippen LogP contribution >= 0.6 is 0 Å². The van der Waals surface area contributed by atoms with Crippen molar-refractivity contribution in [1.82, 2.24) is 9.80 Å². The van der Waals surface area contributed by atoms with Gasteiger partial charge < -0.3 is 15.4 Å². The first-order valence-electron chi connectivity index (χ1n) is 8.08. The van der Waals surface area contributed by atoms with Gasteiger partial charge in [-0.3, -0.25) is 4.90 Å². The van der Waals surface area contributed by atoms with Crippen LogP contribution in [-0.2, 0) is 4.74 Å². The Kier molecular flexibility index (Phi) is 4.42. The smallest absolute Gasteiger partial charge is 0.0747 e. The molecule has 0 aromatic carbocycles. The lowest BCUT2D eigenvalue weighted by Gasteiger charge is -2.41. The van der Waals surface area contributed by atoms with Crippen LogP contribution in [0.4, 0.5) is 0 Å². The molecule has 1 aliphatic carbocycles. The number of hydrogen-bond donors (Lipinski definition) is 1. The largest absolute Gasteiger partial charge is 0.374 e. The number of hydrogen-bond acceptors (Lipinski definition) is 4. The maximum absolute atomic E-state index is 6.03. The van der Waals surface area contributed by atoms with Crippen molar-refractivity contribution in [3.8, 4) is 0 Å². The highest BCUT2D eigenvalue weighted by Crippen LogP contribution is 2.30. The van der Waals surface area contributed by atoms with Crippen LogP contribution < -0.4 is 5.73 Å². The second-order valence-corrected chi connectivity index (χ2v) is 6.65. The zero-order valence-corrected chi connectivity index (χ0v) is 12.3. The van der Waals surface area contributed by atoms with Crippen LogP contribution in [0.5, 0.6) is 0 Å². The van der Waals surface area contributed by atoms with E-state index in [1.54, 1.807) is 0 Å². The molecule has 1 saturated carbocycles. The summed E-state index contributed by atoms with van der Waals surface area (Å²) in [7, 11) is 0. The second kappa shape index (κ2) is 6.08. The third kappa shape index (κ3) is 3.48. The first-order valence-corrected chi connectivity index (χ1v) is 8.08. The van der Waals surface area contributed by atoms with Crippen molar-refractivity contribution in [3.05, 3.63) is 0 Å². The van der Waals surface area contributed by atoms with Crippen LogP contribution in [0.1, 0.15) is 32.6 Å². The number of rotatable bonds is 5. The van der Waals surface area contributed by atoms with Gasteiger partial charge in [-0.2, -0.15) is 0 Å². The van der Waals surface area contributed by atoms with Gasteiger partial charge in [-0.05, 0) is 38.5 Å². The quantitative estimate of drug-likeness (QED) is 0.804. The Morgan fingerprint density at radius 3 is 2.37 bits per heavy atom. The van der Waals surface area contributed by atoms with E-state index in [2.05, 4.69) is 16.7 Å². The molecule has 4 nitrogen and oxygen atoms in total. The van der Waals surface area contributed by atoms with E-state index < -0.39 is 0 Å². The minimum Gasteiger partial charge on any atom is -0.374 e. The summed E-state index contributed by atoms with van der Waals surface area (Å²) in [5.41, 5.74) is 6.02. The molecule has 0 bridgehead atoms. The van der Waals surface area contributed by atoms with Crippen molar-refractivity contribution in [2.45, 2.75) is 50.9 Å². The summed E-state index contributed by atoms with van der Waals surface area (Å²) in [4.78, 5) is 5.21. The van der Waals surface area contributed by atoms with Crippen molar-refractivity contribution in [2.75, 3.05) is 39.3 Å². The Bertz CT molecular complexity index is 287. The van der Waals surface area contributed by atoms with Gasteiger partial charge in [0.1, 0.15) is 0 Å². The summed E-state index contributed by atoms with van der Waals surface area (Å²) in [5.74, 6) is 1.01. The lowest BCUT2D eigenvalue weighted by Crippen LogP contribution is -2.56. The molecule has 110 valence electrons. The molecule has 3 aliphatic rings. The molecule has 0 radical (unpaired) electrons. The van der Waals surface area contributed by atoms with E-state index in [0.717, 1.165) is 12.5 Å². The molecule has 0 aromatic heterocycles. The van der Waals surface area contributed by atoms with Gasteiger partial charge in [0.05, 0.1) is 12.2 Å². The standard InChI is InChI=1S/C15H29N3O/c1-12-2-5-15(19-12)14(10-16)18-8-6-17(7-9-18)11-13-3-4-13/h12-15H,2-11,16H2,1H3. The summed E-state index contributed by atoms with van der Waals surface area (Å²) in [6, 6.07) is 0.438. The van der Waals surface area contributed by atoms with Crippen LogP contribution in [0.2, 0.25) is 0 Å². The molecule has 2 aliphatic heterocycles. The Morgan fingerprint density at radius 1 is 1.11 bits per heavy atom. The molecule has 19 heavy (non-hydrogen) atoms. The van der Waals surface area contributed by atoms with E-state index in [1.807, 2.05) is 0 Å². The van der Waals surface area contributed by atoms with E-state index >= 15 is 0 Å². The molecule has 4 heteroatoms. The Hall–Kier alpha value is -0.160. The molecule has 2 saturated heterocycles. The molecule has 0 amide bonds. The van der Waals surface area contributed by atoms with Crippen LogP contribution in [0, 0.1) is 5.92 Å². The number of nitrogens with two attached hydrogens (primary N) is 1. The van der Waals surface area contributed by atoms with Crippen molar-refractivity contribution >= 4 is 0 Å². The van der Waals surface area contributed by atoms with Crippen molar-refractivity contribution in [2.24, 2.45) is 11.7 Å². The van der Waals surface area contributed by atoms with Crippen molar-refractivity contribution in [3.63, 3.8) is 0 Å². The summed E-state index contributed by atoms with van der Waals surface area (Å²) >= 11 is 0. The topological polar surface area (TPSA) is 41.7 Å². The van der Waals surface area contributed by atoms with E-state index in [1.165, 1.54) is 58.4 Å². The van der Waals surface area contributed by atoms with Crippen molar-refractivity contribution in [1.29, 1.82) is 0 Å². The monoisotopic (exact) mass is 267 g/mol. The highest BCUT2D eigenvalue weighted by Gasteiger charge is 2.34.